The van der Waals surface area contributed by atoms with Gasteiger partial charge in [0.25, 0.3) is 0 Å². The molecule has 1 amide bonds. The van der Waals surface area contributed by atoms with Crippen molar-refractivity contribution < 1.29 is 18.0 Å². The molecule has 1 unspecified atom stereocenters. The average molecular weight is 437 g/mol. The van der Waals surface area contributed by atoms with Crippen LogP contribution in [0.1, 0.15) is 58.6 Å². The summed E-state index contributed by atoms with van der Waals surface area (Å²) in [6, 6.07) is 6.92. The molecule has 6 rings (SSSR count). The Morgan fingerprint density at radius 1 is 1.19 bits per heavy atom. The lowest BCUT2D eigenvalue weighted by Gasteiger charge is -2.33. The van der Waals surface area contributed by atoms with Gasteiger partial charge in [0.05, 0.1) is 17.5 Å². The Labute approximate surface area is 179 Å². The van der Waals surface area contributed by atoms with Crippen LogP contribution in [0.15, 0.2) is 41.2 Å². The molecule has 0 bridgehead atoms. The smallest absolute Gasteiger partial charge is 0.312 e. The highest BCUT2D eigenvalue weighted by Crippen LogP contribution is 2.47. The highest BCUT2D eigenvalue weighted by atomic mass is 19.3. The van der Waals surface area contributed by atoms with E-state index in [1.54, 1.807) is 17.4 Å². The summed E-state index contributed by atoms with van der Waals surface area (Å²) in [6.07, 6.45) is 3.14. The van der Waals surface area contributed by atoms with Crippen molar-refractivity contribution in [1.82, 2.24) is 35.0 Å². The molecule has 0 saturated heterocycles. The van der Waals surface area contributed by atoms with E-state index in [1.807, 2.05) is 24.3 Å². The number of hydrogen-bond acceptors (Lipinski definition) is 7. The topological polar surface area (TPSA) is 114 Å². The summed E-state index contributed by atoms with van der Waals surface area (Å²) in [5.74, 6) is -3.51. The maximum atomic E-state index is 13.3. The SMILES string of the molecule is O=C(c1nnc(C2CC(F)(F)C2)o1)N1CCc2[nH]cnc2C1c1ncc2ccccc2n1. The number of imidazole rings is 1. The van der Waals surface area contributed by atoms with Crippen LogP contribution in [0.2, 0.25) is 0 Å². The number of rotatable bonds is 3. The van der Waals surface area contributed by atoms with Crippen LogP contribution in [0.4, 0.5) is 8.78 Å². The van der Waals surface area contributed by atoms with Crippen molar-refractivity contribution in [2.75, 3.05) is 6.54 Å². The van der Waals surface area contributed by atoms with Crippen LogP contribution in [0.5, 0.6) is 0 Å². The first-order chi connectivity index (χ1) is 15.5. The summed E-state index contributed by atoms with van der Waals surface area (Å²) < 4.78 is 31.9. The molecule has 9 nitrogen and oxygen atoms in total. The lowest BCUT2D eigenvalue weighted by molar-refractivity contribution is -0.0919. The van der Waals surface area contributed by atoms with Crippen LogP contribution in [-0.4, -0.2) is 53.4 Å². The monoisotopic (exact) mass is 437 g/mol. The highest BCUT2D eigenvalue weighted by molar-refractivity contribution is 5.90. The quantitative estimate of drug-likeness (QED) is 0.524. The third kappa shape index (κ3) is 3.03. The van der Waals surface area contributed by atoms with Crippen molar-refractivity contribution in [3.63, 3.8) is 0 Å². The van der Waals surface area contributed by atoms with Crippen LogP contribution in [0, 0.1) is 0 Å². The number of alkyl halides is 2. The second-order valence-electron chi connectivity index (χ2n) is 8.11. The van der Waals surface area contributed by atoms with Gasteiger partial charge in [-0.1, -0.05) is 18.2 Å². The second kappa shape index (κ2) is 6.87. The van der Waals surface area contributed by atoms with Gasteiger partial charge in [-0.25, -0.2) is 23.7 Å². The molecule has 162 valence electrons. The zero-order chi connectivity index (χ0) is 21.9. The summed E-state index contributed by atoms with van der Waals surface area (Å²) >= 11 is 0. The maximum absolute atomic E-state index is 13.3. The molecule has 4 aromatic rings. The largest absolute Gasteiger partial charge is 0.417 e. The fourth-order valence-corrected chi connectivity index (χ4v) is 4.32. The van der Waals surface area contributed by atoms with Crippen LogP contribution < -0.4 is 0 Å². The predicted molar refractivity (Wildman–Crippen MR) is 106 cm³/mol. The summed E-state index contributed by atoms with van der Waals surface area (Å²) in [7, 11) is 0. The lowest BCUT2D eigenvalue weighted by atomic mass is 9.81. The molecular formula is C21H17F2N7O2. The number of aromatic nitrogens is 6. The van der Waals surface area contributed by atoms with Crippen LogP contribution in [0.3, 0.4) is 0 Å². The first-order valence-electron chi connectivity index (χ1n) is 10.2. The number of H-pyrrole nitrogens is 1. The molecule has 1 N–H and O–H groups in total. The van der Waals surface area contributed by atoms with Crippen LogP contribution in [0.25, 0.3) is 10.9 Å². The van der Waals surface area contributed by atoms with E-state index >= 15 is 0 Å². The minimum Gasteiger partial charge on any atom is -0.417 e. The number of nitrogens with one attached hydrogen (secondary N) is 1. The Hall–Kier alpha value is -3.76. The number of para-hydroxylation sites is 1. The van der Waals surface area contributed by atoms with E-state index in [0.29, 0.717) is 24.5 Å². The molecule has 11 heteroatoms. The zero-order valence-electron chi connectivity index (χ0n) is 16.7. The van der Waals surface area contributed by atoms with E-state index < -0.39 is 23.8 Å². The van der Waals surface area contributed by atoms with Gasteiger partial charge in [-0.05, 0) is 6.07 Å². The summed E-state index contributed by atoms with van der Waals surface area (Å²) in [5, 5.41) is 8.56. The lowest BCUT2D eigenvalue weighted by Crippen LogP contribution is -2.41. The zero-order valence-corrected chi connectivity index (χ0v) is 16.7. The van der Waals surface area contributed by atoms with Crippen molar-refractivity contribution in [2.45, 2.75) is 37.1 Å². The Morgan fingerprint density at radius 2 is 2.03 bits per heavy atom. The fourth-order valence-electron chi connectivity index (χ4n) is 4.32. The number of carbonyl (C=O) groups excluding carboxylic acids is 1. The van der Waals surface area contributed by atoms with Gasteiger partial charge in [-0.2, -0.15) is 0 Å². The Morgan fingerprint density at radius 3 is 2.88 bits per heavy atom. The summed E-state index contributed by atoms with van der Waals surface area (Å²) in [6.45, 7) is 0.355. The van der Waals surface area contributed by atoms with Gasteiger partial charge in [-0.3, -0.25) is 4.79 Å². The average Bonchev–Trinajstić information content (AvgIpc) is 3.45. The molecule has 1 atom stereocenters. The fraction of sp³-hybridized carbons (Fsp3) is 0.333. The van der Waals surface area contributed by atoms with E-state index in [0.717, 1.165) is 16.6 Å². The molecule has 2 aliphatic rings. The highest BCUT2D eigenvalue weighted by Gasteiger charge is 2.49. The third-order valence-electron chi connectivity index (χ3n) is 6.00. The Kier molecular flexibility index (Phi) is 4.07. The molecular weight excluding hydrogens is 420 g/mol. The second-order valence-corrected chi connectivity index (χ2v) is 8.11. The molecule has 1 aromatic carbocycles. The molecule has 1 fully saturated rings. The van der Waals surface area contributed by atoms with Gasteiger partial charge in [0.1, 0.15) is 6.04 Å². The minimum atomic E-state index is -2.72. The van der Waals surface area contributed by atoms with E-state index in [4.69, 9.17) is 4.42 Å². The Balaban J connectivity index is 1.36. The molecule has 1 aliphatic carbocycles. The molecule has 0 spiro atoms. The molecule has 1 saturated carbocycles. The Bertz CT molecular complexity index is 1330. The molecule has 3 aromatic heterocycles. The number of halogens is 2. The van der Waals surface area contributed by atoms with Crippen LogP contribution >= 0.6 is 0 Å². The summed E-state index contributed by atoms with van der Waals surface area (Å²) in [4.78, 5) is 31.6. The number of fused-ring (bicyclic) bond motifs is 2. The van der Waals surface area contributed by atoms with E-state index in [1.165, 1.54) is 0 Å². The first kappa shape index (κ1) is 19.0. The van der Waals surface area contributed by atoms with E-state index in [2.05, 4.69) is 30.1 Å². The standard InChI is InChI=1S/C21H17F2N7O2/c22-21(23)7-12(8-21)18-28-29-19(32-18)20(31)30-6-5-14-15(26-10-25-14)16(30)17-24-9-11-3-1-2-4-13(11)27-17/h1-4,9-10,12,16H,5-8H2,(H,25,26). The number of carbonyl (C=O) groups is 1. The van der Waals surface area contributed by atoms with Gasteiger partial charge in [-0.15, -0.1) is 10.2 Å². The van der Waals surface area contributed by atoms with Gasteiger partial charge in [0, 0.05) is 49.0 Å². The van der Waals surface area contributed by atoms with Crippen molar-refractivity contribution in [1.29, 1.82) is 0 Å². The number of hydrogen-bond donors (Lipinski definition) is 1. The van der Waals surface area contributed by atoms with Crippen molar-refractivity contribution >= 4 is 16.8 Å². The van der Waals surface area contributed by atoms with Gasteiger partial charge in [0.2, 0.25) is 11.8 Å². The van der Waals surface area contributed by atoms with Crippen molar-refractivity contribution in [2.24, 2.45) is 0 Å². The number of aromatic amines is 1. The number of amides is 1. The number of benzene rings is 1. The normalized spacial score (nSPS) is 20.2. The van der Waals surface area contributed by atoms with Crippen molar-refractivity contribution in [3.8, 4) is 0 Å². The van der Waals surface area contributed by atoms with Crippen molar-refractivity contribution in [3.05, 3.63) is 65.8 Å². The molecule has 1 aliphatic heterocycles. The van der Waals surface area contributed by atoms with Gasteiger partial charge < -0.3 is 14.3 Å². The van der Waals surface area contributed by atoms with Gasteiger partial charge in [0.15, 0.2) is 5.82 Å². The third-order valence-corrected chi connectivity index (χ3v) is 6.00. The minimum absolute atomic E-state index is 0.0650. The molecule has 0 radical (unpaired) electrons. The maximum Gasteiger partial charge on any atom is 0.312 e. The predicted octanol–water partition coefficient (Wildman–Crippen LogP) is 3.04. The van der Waals surface area contributed by atoms with Crippen LogP contribution in [-0.2, 0) is 6.42 Å². The number of nitrogens with zero attached hydrogens (tertiary/aromatic N) is 6. The summed E-state index contributed by atoms with van der Waals surface area (Å²) in [5.41, 5.74) is 2.30. The van der Waals surface area contributed by atoms with E-state index in [-0.39, 0.29) is 24.6 Å². The molecule has 32 heavy (non-hydrogen) atoms. The first-order valence-corrected chi connectivity index (χ1v) is 10.2. The van der Waals surface area contributed by atoms with Gasteiger partial charge >= 0.3 is 11.8 Å². The molecule has 4 heterocycles. The van der Waals surface area contributed by atoms with E-state index in [9.17, 15) is 13.6 Å².